The summed E-state index contributed by atoms with van der Waals surface area (Å²) < 4.78 is 22.8. The molecule has 1 saturated heterocycles. The molecule has 1 fully saturated rings. The van der Waals surface area contributed by atoms with E-state index in [4.69, 9.17) is 30.5 Å². The SMILES string of the molecule is CCCC(=O)O[C@]1(C)C(=O)C2=CN(CCC[C@H](NC(=O)OCC3c4ccccc4-c4ccccc43)C(=O)N[C@H](C(=O)OCc3ccccc3)[C@@H](C)O)[C@]3(CCCO3)[C@H](O)C2=C(Cl)C1=O. The summed E-state index contributed by atoms with van der Waals surface area (Å²) in [5, 5.41) is 27.3. The van der Waals surface area contributed by atoms with Gasteiger partial charge in [-0.1, -0.05) is 97.4 Å². The van der Waals surface area contributed by atoms with Gasteiger partial charge in [0.15, 0.2) is 11.8 Å². The lowest BCUT2D eigenvalue weighted by molar-refractivity contribution is -0.174. The Hall–Kier alpha value is -5.87. The van der Waals surface area contributed by atoms with Crippen molar-refractivity contribution in [3.63, 3.8) is 0 Å². The first kappa shape index (κ1) is 46.1. The predicted molar refractivity (Wildman–Crippen MR) is 232 cm³/mol. The second-order valence-corrected chi connectivity index (χ2v) is 16.9. The fraction of sp³-hybridized carbons (Fsp3) is 0.417. The third kappa shape index (κ3) is 9.07. The average molecular weight is 898 g/mol. The molecule has 4 N–H and O–H groups in total. The molecule has 6 atom stereocenters. The average Bonchev–Trinajstić information content (AvgIpc) is 3.91. The van der Waals surface area contributed by atoms with E-state index in [2.05, 4.69) is 10.6 Å². The van der Waals surface area contributed by atoms with E-state index in [-0.39, 0.29) is 69.1 Å². The van der Waals surface area contributed by atoms with Gasteiger partial charge in [0.05, 0.1) is 11.1 Å². The van der Waals surface area contributed by atoms with Crippen molar-refractivity contribution in [1.29, 1.82) is 0 Å². The van der Waals surface area contributed by atoms with E-state index >= 15 is 0 Å². The number of aliphatic hydroxyl groups excluding tert-OH is 2. The van der Waals surface area contributed by atoms with Crippen LogP contribution in [0.5, 0.6) is 0 Å². The Balaban J connectivity index is 1.11. The maximum atomic E-state index is 14.1. The summed E-state index contributed by atoms with van der Waals surface area (Å²) in [7, 11) is 0. The second kappa shape index (κ2) is 19.5. The van der Waals surface area contributed by atoms with Crippen molar-refractivity contribution in [2.24, 2.45) is 0 Å². The standard InChI is InChI=1S/C48H52ClN3O12/c1-4-14-37(54)64-47(3)41(55)34-25-52(48(22-13-24-63-48)42(56)38(34)39(49)43(47)57)23-12-21-36(44(58)51-40(28(2)53)45(59)61-26-29-15-6-5-7-16-29)50-46(60)62-27-35-32-19-10-8-17-30(32)31-18-9-11-20-33(31)35/h5-11,15-20,25,28,35-36,40,42,53,56H,4,12-14,21-24,26-27H2,1-3H3,(H,50,60)(H,51,58)/t28-,36+,40+,42-,47-,48+/m1/s1. The molecule has 64 heavy (non-hydrogen) atoms. The number of rotatable bonds is 16. The minimum absolute atomic E-state index is 0.0358. The maximum Gasteiger partial charge on any atom is 0.407 e. The molecule has 2 aliphatic heterocycles. The van der Waals surface area contributed by atoms with Crippen LogP contribution < -0.4 is 10.6 Å². The van der Waals surface area contributed by atoms with E-state index < -0.39 is 76.2 Å². The normalized spacial score (nSPS) is 22.8. The summed E-state index contributed by atoms with van der Waals surface area (Å²) in [6.45, 7) is 4.36. The molecular weight excluding hydrogens is 846 g/mol. The first-order valence-corrected chi connectivity index (χ1v) is 21.9. The van der Waals surface area contributed by atoms with Gasteiger partial charge < -0.3 is 44.7 Å². The lowest BCUT2D eigenvalue weighted by Gasteiger charge is -2.49. The molecule has 2 aliphatic carbocycles. The van der Waals surface area contributed by atoms with Gasteiger partial charge in [-0.2, -0.15) is 0 Å². The second-order valence-electron chi connectivity index (χ2n) is 16.6. The zero-order valence-electron chi connectivity index (χ0n) is 35.8. The molecule has 0 unspecified atom stereocenters. The Morgan fingerprint density at radius 1 is 0.938 bits per heavy atom. The lowest BCUT2D eigenvalue weighted by Crippen LogP contribution is -2.62. The number of halogens is 1. The molecule has 0 radical (unpaired) electrons. The molecule has 0 bridgehead atoms. The minimum atomic E-state index is -2.27. The zero-order chi connectivity index (χ0) is 45.8. The van der Waals surface area contributed by atoms with Crippen molar-refractivity contribution in [1.82, 2.24) is 15.5 Å². The summed E-state index contributed by atoms with van der Waals surface area (Å²) >= 11 is 6.60. The van der Waals surface area contributed by atoms with Crippen molar-refractivity contribution < 1.29 is 57.9 Å². The third-order valence-corrected chi connectivity index (χ3v) is 12.6. The molecule has 2 heterocycles. The number of ketones is 2. The van der Waals surface area contributed by atoms with Gasteiger partial charge in [0.1, 0.15) is 25.4 Å². The van der Waals surface area contributed by atoms with Gasteiger partial charge in [0.2, 0.25) is 23.1 Å². The Morgan fingerprint density at radius 2 is 1.59 bits per heavy atom. The number of carbonyl (C=O) groups is 6. The molecular formula is C48H52ClN3O12. The van der Waals surface area contributed by atoms with Crippen molar-refractivity contribution in [2.75, 3.05) is 19.8 Å². The molecule has 338 valence electrons. The third-order valence-electron chi connectivity index (χ3n) is 12.2. The number of ether oxygens (including phenoxy) is 4. The number of hydrogen-bond acceptors (Lipinski definition) is 13. The fourth-order valence-electron chi connectivity index (χ4n) is 8.86. The van der Waals surface area contributed by atoms with Crippen LogP contribution in [0.2, 0.25) is 0 Å². The molecule has 0 saturated carbocycles. The van der Waals surface area contributed by atoms with Gasteiger partial charge in [-0.15, -0.1) is 0 Å². The molecule has 2 amide bonds. The number of hydrogen-bond donors (Lipinski definition) is 4. The number of Topliss-reactive ketones (excluding diaryl/α,β-unsaturated/α-hetero) is 2. The molecule has 7 rings (SSSR count). The summed E-state index contributed by atoms with van der Waals surface area (Å²) in [6, 6.07) is 21.7. The number of nitrogens with zero attached hydrogens (tertiary/aromatic N) is 1. The van der Waals surface area contributed by atoms with E-state index in [1.165, 1.54) is 20.0 Å². The number of fused-ring (bicyclic) bond motifs is 4. The molecule has 1 spiro atoms. The number of nitrogens with one attached hydrogen (secondary N) is 2. The largest absolute Gasteiger partial charge is 0.459 e. The quantitative estimate of drug-likeness (QED) is 0.0841. The molecule has 3 aromatic carbocycles. The predicted octanol–water partition coefficient (Wildman–Crippen LogP) is 5.10. The van der Waals surface area contributed by atoms with Crippen LogP contribution in [0.3, 0.4) is 0 Å². The highest BCUT2D eigenvalue weighted by molar-refractivity contribution is 6.49. The van der Waals surface area contributed by atoms with Gasteiger partial charge in [-0.25, -0.2) is 9.59 Å². The van der Waals surface area contributed by atoms with Crippen molar-refractivity contribution >= 4 is 47.1 Å². The van der Waals surface area contributed by atoms with E-state index in [0.717, 1.165) is 22.3 Å². The van der Waals surface area contributed by atoms with Gasteiger partial charge >= 0.3 is 18.0 Å². The van der Waals surface area contributed by atoms with Crippen LogP contribution in [0.4, 0.5) is 4.79 Å². The van der Waals surface area contributed by atoms with Crippen LogP contribution in [0, 0.1) is 0 Å². The number of amides is 2. The number of aliphatic hydroxyl groups is 2. The van der Waals surface area contributed by atoms with Gasteiger partial charge in [0, 0.05) is 49.3 Å². The van der Waals surface area contributed by atoms with Crippen LogP contribution in [0.15, 0.2) is 101 Å². The van der Waals surface area contributed by atoms with Crippen LogP contribution in [-0.2, 0) is 49.5 Å². The molecule has 16 heteroatoms. The van der Waals surface area contributed by atoms with E-state index in [0.29, 0.717) is 18.4 Å². The first-order chi connectivity index (χ1) is 30.7. The van der Waals surface area contributed by atoms with E-state index in [9.17, 15) is 39.0 Å². The molecule has 0 aromatic heterocycles. The Morgan fingerprint density at radius 3 is 2.22 bits per heavy atom. The van der Waals surface area contributed by atoms with Gasteiger partial charge in [-0.05, 0) is 67.3 Å². The highest BCUT2D eigenvalue weighted by Gasteiger charge is 2.60. The highest BCUT2D eigenvalue weighted by Crippen LogP contribution is 2.48. The first-order valence-electron chi connectivity index (χ1n) is 21.5. The van der Waals surface area contributed by atoms with Crippen LogP contribution in [0.1, 0.15) is 81.9 Å². The fourth-order valence-corrected chi connectivity index (χ4v) is 9.24. The Bertz CT molecular complexity index is 2310. The summed E-state index contributed by atoms with van der Waals surface area (Å²) in [5.74, 6) is -4.57. The van der Waals surface area contributed by atoms with Crippen LogP contribution in [0.25, 0.3) is 11.1 Å². The lowest BCUT2D eigenvalue weighted by atomic mass is 9.74. The number of esters is 2. The van der Waals surface area contributed by atoms with Gasteiger partial charge in [-0.3, -0.25) is 19.2 Å². The zero-order valence-corrected chi connectivity index (χ0v) is 36.6. The number of carbonyl (C=O) groups excluding carboxylic acids is 6. The van der Waals surface area contributed by atoms with Crippen molar-refractivity contribution in [3.05, 3.63) is 118 Å². The minimum Gasteiger partial charge on any atom is -0.459 e. The Kier molecular flexibility index (Phi) is 14.0. The van der Waals surface area contributed by atoms with E-state index in [1.54, 1.807) is 36.1 Å². The number of alkyl carbamates (subject to hydrolysis) is 1. The van der Waals surface area contributed by atoms with Crippen LogP contribution >= 0.6 is 11.6 Å². The molecule has 4 aliphatic rings. The van der Waals surface area contributed by atoms with Crippen molar-refractivity contribution in [3.8, 4) is 11.1 Å². The van der Waals surface area contributed by atoms with Gasteiger partial charge in [0.25, 0.3) is 0 Å². The monoisotopic (exact) mass is 897 g/mol. The maximum absolute atomic E-state index is 14.1. The summed E-state index contributed by atoms with van der Waals surface area (Å²) in [5.41, 5.74) is 0.734. The topological polar surface area (TPSA) is 207 Å². The summed E-state index contributed by atoms with van der Waals surface area (Å²) in [4.78, 5) is 82.9. The summed E-state index contributed by atoms with van der Waals surface area (Å²) in [6.07, 6.45) is -1.23. The number of benzene rings is 3. The van der Waals surface area contributed by atoms with Crippen molar-refractivity contribution in [2.45, 2.75) is 107 Å². The molecule has 15 nitrogen and oxygen atoms in total. The van der Waals surface area contributed by atoms with Crippen LogP contribution in [-0.4, -0.2) is 106 Å². The highest BCUT2D eigenvalue weighted by atomic mass is 35.5. The Labute approximate surface area is 375 Å². The smallest absolute Gasteiger partial charge is 0.407 e. The van der Waals surface area contributed by atoms with E-state index in [1.807, 2.05) is 54.6 Å². The molecule has 3 aromatic rings.